The number of carbonyl (C=O) groups is 1. The summed E-state index contributed by atoms with van der Waals surface area (Å²) in [6, 6.07) is 8.15. The molecular formula is C31H46N2O2. The van der Waals surface area contributed by atoms with Crippen molar-refractivity contribution in [3.8, 4) is 5.75 Å². The Hall–Kier alpha value is -1.55. The molecule has 1 heterocycles. The number of ether oxygens (including phenoxy) is 1. The van der Waals surface area contributed by atoms with E-state index in [1.165, 1.54) is 69.9 Å². The average Bonchev–Trinajstić information content (AvgIpc) is 3.41. The molecule has 1 aromatic rings. The second-order valence-electron chi connectivity index (χ2n) is 12.9. The van der Waals surface area contributed by atoms with Gasteiger partial charge < -0.3 is 15.0 Å². The predicted octanol–water partition coefficient (Wildman–Crippen LogP) is 6.08. The van der Waals surface area contributed by atoms with Crippen LogP contribution in [0.4, 0.5) is 0 Å². The molecule has 3 saturated carbocycles. The number of hydrogen-bond donors (Lipinski definition) is 1. The molecule has 1 amide bonds. The van der Waals surface area contributed by atoms with Gasteiger partial charge in [-0.25, -0.2) is 0 Å². The Balaban J connectivity index is 1.10. The lowest BCUT2D eigenvalue weighted by atomic mass is 9.54. The quantitative estimate of drug-likeness (QED) is 0.483. The fourth-order valence-corrected chi connectivity index (χ4v) is 8.65. The van der Waals surface area contributed by atoms with Crippen molar-refractivity contribution in [2.75, 3.05) is 19.7 Å². The van der Waals surface area contributed by atoms with Crippen LogP contribution in [0.15, 0.2) is 18.2 Å². The normalized spacial score (nSPS) is 36.7. The second kappa shape index (κ2) is 9.72. The first-order valence-electron chi connectivity index (χ1n) is 14.8. The van der Waals surface area contributed by atoms with Crippen molar-refractivity contribution >= 4 is 5.91 Å². The van der Waals surface area contributed by atoms with Crippen molar-refractivity contribution in [2.45, 2.75) is 109 Å². The van der Waals surface area contributed by atoms with Crippen molar-refractivity contribution in [3.63, 3.8) is 0 Å². The van der Waals surface area contributed by atoms with Gasteiger partial charge in [0, 0.05) is 24.5 Å². The maximum Gasteiger partial charge on any atom is 0.223 e. The summed E-state index contributed by atoms with van der Waals surface area (Å²) in [5.41, 5.74) is 3.43. The Kier molecular flexibility index (Phi) is 6.62. The molecule has 4 heteroatoms. The van der Waals surface area contributed by atoms with Crippen molar-refractivity contribution < 1.29 is 9.53 Å². The van der Waals surface area contributed by atoms with E-state index in [-0.39, 0.29) is 5.92 Å². The summed E-state index contributed by atoms with van der Waals surface area (Å²) < 4.78 is 6.21. The van der Waals surface area contributed by atoms with Gasteiger partial charge in [-0.2, -0.15) is 0 Å². The summed E-state index contributed by atoms with van der Waals surface area (Å²) in [6.45, 7) is 8.08. The topological polar surface area (TPSA) is 41.6 Å². The maximum atomic E-state index is 13.3. The number of hydrogen-bond acceptors (Lipinski definition) is 3. The maximum absolute atomic E-state index is 13.3. The number of amides is 1. The fraction of sp³-hybridized carbons (Fsp3) is 0.774. The van der Waals surface area contributed by atoms with Crippen LogP contribution in [0.2, 0.25) is 0 Å². The van der Waals surface area contributed by atoms with E-state index < -0.39 is 0 Å². The number of benzene rings is 1. The molecule has 0 bridgehead atoms. The van der Waals surface area contributed by atoms with Crippen molar-refractivity contribution in [2.24, 2.45) is 23.2 Å². The first-order valence-corrected chi connectivity index (χ1v) is 14.8. The lowest BCUT2D eigenvalue weighted by molar-refractivity contribution is -0.130. The highest BCUT2D eigenvalue weighted by molar-refractivity contribution is 5.80. The summed E-state index contributed by atoms with van der Waals surface area (Å²) in [4.78, 5) is 15.9. The van der Waals surface area contributed by atoms with E-state index in [4.69, 9.17) is 4.74 Å². The molecule has 1 aliphatic heterocycles. The minimum Gasteiger partial charge on any atom is -0.494 e. The van der Waals surface area contributed by atoms with Gasteiger partial charge in [0.2, 0.25) is 5.91 Å². The molecule has 192 valence electrons. The highest BCUT2D eigenvalue weighted by atomic mass is 16.5. The molecule has 4 aliphatic carbocycles. The van der Waals surface area contributed by atoms with E-state index in [1.807, 2.05) is 0 Å². The molecule has 0 aromatic heterocycles. The van der Waals surface area contributed by atoms with E-state index in [1.54, 1.807) is 5.56 Å². The first kappa shape index (κ1) is 23.8. The van der Waals surface area contributed by atoms with Gasteiger partial charge in [-0.15, -0.1) is 0 Å². The van der Waals surface area contributed by atoms with Crippen LogP contribution >= 0.6 is 0 Å². The third-order valence-corrected chi connectivity index (χ3v) is 10.9. The molecule has 1 saturated heterocycles. The fourth-order valence-electron chi connectivity index (χ4n) is 8.65. The zero-order valence-electron chi connectivity index (χ0n) is 22.1. The molecule has 1 aromatic carbocycles. The van der Waals surface area contributed by atoms with Crippen LogP contribution < -0.4 is 10.1 Å². The Morgan fingerprint density at radius 2 is 1.97 bits per heavy atom. The zero-order valence-corrected chi connectivity index (χ0v) is 22.1. The van der Waals surface area contributed by atoms with E-state index >= 15 is 0 Å². The number of nitrogens with zero attached hydrogens (tertiary/aromatic N) is 1. The van der Waals surface area contributed by atoms with Gasteiger partial charge in [0.25, 0.3) is 0 Å². The number of aryl methyl sites for hydroxylation is 1. The lowest BCUT2D eigenvalue weighted by Crippen LogP contribution is -2.48. The molecule has 5 aliphatic rings. The van der Waals surface area contributed by atoms with Gasteiger partial charge in [0.1, 0.15) is 5.75 Å². The van der Waals surface area contributed by atoms with Crippen molar-refractivity contribution in [1.29, 1.82) is 0 Å². The molecule has 4 nitrogen and oxygen atoms in total. The Morgan fingerprint density at radius 3 is 2.74 bits per heavy atom. The third-order valence-electron chi connectivity index (χ3n) is 10.9. The van der Waals surface area contributed by atoms with Gasteiger partial charge in [0.05, 0.1) is 6.61 Å². The minimum absolute atomic E-state index is 0.232. The van der Waals surface area contributed by atoms with Crippen LogP contribution in [-0.4, -0.2) is 42.6 Å². The lowest BCUT2D eigenvalue weighted by Gasteiger charge is -2.50. The van der Waals surface area contributed by atoms with Gasteiger partial charge in [0.15, 0.2) is 0 Å². The summed E-state index contributed by atoms with van der Waals surface area (Å²) in [5, 5.41) is 3.42. The van der Waals surface area contributed by atoms with Crippen molar-refractivity contribution in [3.05, 3.63) is 29.3 Å². The number of rotatable bonds is 7. The first-order chi connectivity index (χ1) is 17.0. The smallest absolute Gasteiger partial charge is 0.223 e. The SMILES string of the molecule is CC1CCCN1CCCOc1ccc2c(c1)CCC1C2CCC2(C)CCC(C(=O)NC3CCC3)C12. The van der Waals surface area contributed by atoms with Gasteiger partial charge >= 0.3 is 0 Å². The highest BCUT2D eigenvalue weighted by Gasteiger charge is 2.56. The number of fused-ring (bicyclic) bond motifs is 5. The zero-order chi connectivity index (χ0) is 24.0. The van der Waals surface area contributed by atoms with Gasteiger partial charge in [-0.05, 0) is 137 Å². The standard InChI is InChI=1S/C31H46N2O2/c1-21-6-4-17-33(21)18-5-19-35-24-10-12-25-22(20-24)9-11-27-26(25)13-15-31(2)16-14-28(29(27)31)30(34)32-23-7-3-8-23/h10,12,20-21,23,26-29H,3-9,11,13-19H2,1-2H3,(H,32,34). The summed E-state index contributed by atoms with van der Waals surface area (Å²) >= 11 is 0. The molecule has 0 radical (unpaired) electrons. The van der Waals surface area contributed by atoms with Crippen LogP contribution in [0.3, 0.4) is 0 Å². The van der Waals surface area contributed by atoms with Crippen LogP contribution in [0, 0.1) is 23.2 Å². The summed E-state index contributed by atoms with van der Waals surface area (Å²) in [5.74, 6) is 3.50. The molecule has 6 unspecified atom stereocenters. The van der Waals surface area contributed by atoms with Crippen LogP contribution in [0.5, 0.6) is 5.75 Å². The monoisotopic (exact) mass is 478 g/mol. The van der Waals surface area contributed by atoms with Gasteiger partial charge in [-0.3, -0.25) is 4.79 Å². The predicted molar refractivity (Wildman–Crippen MR) is 141 cm³/mol. The highest BCUT2D eigenvalue weighted by Crippen LogP contribution is 2.62. The summed E-state index contributed by atoms with van der Waals surface area (Å²) in [6.07, 6.45) is 14.7. The van der Waals surface area contributed by atoms with E-state index in [0.717, 1.165) is 44.2 Å². The van der Waals surface area contributed by atoms with Crippen molar-refractivity contribution in [1.82, 2.24) is 10.2 Å². The third kappa shape index (κ3) is 4.54. The molecule has 1 N–H and O–H groups in total. The Morgan fingerprint density at radius 1 is 1.11 bits per heavy atom. The molecular weight excluding hydrogens is 432 g/mol. The molecule has 4 fully saturated rings. The molecule has 6 rings (SSSR count). The Bertz CT molecular complexity index is 927. The second-order valence-corrected chi connectivity index (χ2v) is 12.9. The molecule has 35 heavy (non-hydrogen) atoms. The molecule has 0 spiro atoms. The van der Waals surface area contributed by atoms with E-state index in [0.29, 0.717) is 35.1 Å². The molecule has 6 atom stereocenters. The number of nitrogens with one attached hydrogen (secondary N) is 1. The number of likely N-dealkylation sites (tertiary alicyclic amines) is 1. The minimum atomic E-state index is 0.232. The summed E-state index contributed by atoms with van der Waals surface area (Å²) in [7, 11) is 0. The van der Waals surface area contributed by atoms with E-state index in [2.05, 4.69) is 42.3 Å². The van der Waals surface area contributed by atoms with Gasteiger partial charge in [-0.1, -0.05) is 13.0 Å². The van der Waals surface area contributed by atoms with Crippen LogP contribution in [0.25, 0.3) is 0 Å². The van der Waals surface area contributed by atoms with Crippen LogP contribution in [-0.2, 0) is 11.2 Å². The number of carbonyl (C=O) groups excluding carboxylic acids is 1. The largest absolute Gasteiger partial charge is 0.494 e. The van der Waals surface area contributed by atoms with E-state index in [9.17, 15) is 4.79 Å². The van der Waals surface area contributed by atoms with Crippen LogP contribution in [0.1, 0.15) is 102 Å². The average molecular weight is 479 g/mol. The Labute approximate surface area is 212 Å².